The molecule has 17 heavy (non-hydrogen) atoms. The number of halogens is 3. The summed E-state index contributed by atoms with van der Waals surface area (Å²) in [4.78, 5) is 11.8. The van der Waals surface area contributed by atoms with Gasteiger partial charge in [-0.3, -0.25) is 4.79 Å². The molecule has 0 aliphatic heterocycles. The van der Waals surface area contributed by atoms with E-state index in [-0.39, 0.29) is 11.8 Å². The molecule has 92 valence electrons. The van der Waals surface area contributed by atoms with E-state index in [4.69, 9.17) is 39.5 Å². The van der Waals surface area contributed by atoms with Crippen molar-refractivity contribution in [3.05, 3.63) is 23.2 Å². The molecule has 0 saturated heterocycles. The van der Waals surface area contributed by atoms with Crippen molar-refractivity contribution in [2.24, 2.45) is 5.92 Å². The lowest BCUT2D eigenvalue weighted by Gasteiger charge is -2.10. The Hall–Kier alpha value is -0.640. The fourth-order valence-corrected chi connectivity index (χ4v) is 2.17. The fourth-order valence-electron chi connectivity index (χ4n) is 1.50. The number of carbonyl (C=O) groups is 1. The van der Waals surface area contributed by atoms with Gasteiger partial charge in [0.25, 0.3) is 0 Å². The van der Waals surface area contributed by atoms with Crippen molar-refractivity contribution < 1.29 is 9.53 Å². The first kappa shape index (κ1) is 12.8. The topological polar surface area (TPSA) is 38.3 Å². The zero-order valence-electron chi connectivity index (χ0n) is 8.97. The fraction of sp³-hybridized carbons (Fsp3) is 0.364. The van der Waals surface area contributed by atoms with Crippen LogP contribution in [0.15, 0.2) is 18.2 Å². The number of anilines is 1. The summed E-state index contributed by atoms with van der Waals surface area (Å²) in [6.07, 6.45) is 0.463. The molecule has 1 atom stereocenters. The third-order valence-electron chi connectivity index (χ3n) is 2.56. The number of amides is 1. The van der Waals surface area contributed by atoms with Crippen LogP contribution in [0.1, 0.15) is 6.42 Å². The van der Waals surface area contributed by atoms with Gasteiger partial charge in [-0.05, 0) is 24.6 Å². The lowest BCUT2D eigenvalue weighted by Crippen LogP contribution is -2.17. The van der Waals surface area contributed by atoms with E-state index < -0.39 is 4.33 Å². The number of alkyl halides is 2. The number of nitrogens with one attached hydrogen (secondary N) is 1. The van der Waals surface area contributed by atoms with E-state index in [0.29, 0.717) is 22.9 Å². The van der Waals surface area contributed by atoms with Crippen molar-refractivity contribution in [1.82, 2.24) is 0 Å². The van der Waals surface area contributed by atoms with Gasteiger partial charge in [0.1, 0.15) is 10.1 Å². The third-order valence-corrected chi connectivity index (χ3v) is 3.63. The van der Waals surface area contributed by atoms with Crippen LogP contribution in [0, 0.1) is 5.92 Å². The van der Waals surface area contributed by atoms with Crippen LogP contribution in [-0.2, 0) is 4.79 Å². The molecule has 0 radical (unpaired) electrons. The number of methoxy groups -OCH3 is 1. The van der Waals surface area contributed by atoms with Gasteiger partial charge in [-0.1, -0.05) is 11.6 Å². The Morgan fingerprint density at radius 3 is 2.71 bits per heavy atom. The van der Waals surface area contributed by atoms with E-state index in [1.54, 1.807) is 18.2 Å². The molecule has 1 aromatic carbocycles. The highest BCUT2D eigenvalue weighted by atomic mass is 35.5. The number of hydrogen-bond acceptors (Lipinski definition) is 2. The lowest BCUT2D eigenvalue weighted by atomic mass is 10.2. The molecule has 1 amide bonds. The molecule has 1 aliphatic rings. The minimum atomic E-state index is -0.935. The van der Waals surface area contributed by atoms with Crippen molar-refractivity contribution >= 4 is 46.4 Å². The molecule has 1 unspecified atom stereocenters. The Morgan fingerprint density at radius 2 is 2.18 bits per heavy atom. The summed E-state index contributed by atoms with van der Waals surface area (Å²) < 4.78 is 4.18. The third kappa shape index (κ3) is 2.79. The molecule has 2 rings (SSSR count). The van der Waals surface area contributed by atoms with Crippen LogP contribution in [0.25, 0.3) is 0 Å². The Bertz CT molecular complexity index is 462. The van der Waals surface area contributed by atoms with Crippen molar-refractivity contribution in [2.45, 2.75) is 10.8 Å². The van der Waals surface area contributed by atoms with Gasteiger partial charge in [0.2, 0.25) is 5.91 Å². The smallest absolute Gasteiger partial charge is 0.230 e. The summed E-state index contributed by atoms with van der Waals surface area (Å²) in [6, 6.07) is 4.98. The molecule has 1 aromatic rings. The lowest BCUT2D eigenvalue weighted by molar-refractivity contribution is -0.117. The maximum absolute atomic E-state index is 11.8. The Morgan fingerprint density at radius 1 is 1.53 bits per heavy atom. The molecule has 0 spiro atoms. The van der Waals surface area contributed by atoms with Crippen molar-refractivity contribution in [3.63, 3.8) is 0 Å². The summed E-state index contributed by atoms with van der Waals surface area (Å²) in [5.41, 5.74) is 0.515. The van der Waals surface area contributed by atoms with E-state index >= 15 is 0 Å². The van der Waals surface area contributed by atoms with Crippen LogP contribution in [0.3, 0.4) is 0 Å². The predicted octanol–water partition coefficient (Wildman–Crippen LogP) is 3.48. The van der Waals surface area contributed by atoms with Gasteiger partial charge in [0, 0.05) is 5.02 Å². The normalized spacial score (nSPS) is 20.8. The molecule has 0 bridgehead atoms. The monoisotopic (exact) mass is 293 g/mol. The average molecular weight is 295 g/mol. The van der Waals surface area contributed by atoms with E-state index in [2.05, 4.69) is 5.32 Å². The zero-order chi connectivity index (χ0) is 12.6. The number of hydrogen-bond donors (Lipinski definition) is 1. The Kier molecular flexibility index (Phi) is 3.43. The maximum atomic E-state index is 11.8. The van der Waals surface area contributed by atoms with E-state index in [1.807, 2.05) is 0 Å². The molecule has 1 aliphatic carbocycles. The van der Waals surface area contributed by atoms with E-state index in [9.17, 15) is 4.79 Å². The molecule has 1 saturated carbocycles. The predicted molar refractivity (Wildman–Crippen MR) is 69.2 cm³/mol. The second kappa shape index (κ2) is 4.56. The summed E-state index contributed by atoms with van der Waals surface area (Å²) in [7, 11) is 1.52. The quantitative estimate of drug-likeness (QED) is 0.867. The molecule has 0 aromatic heterocycles. The average Bonchev–Trinajstić information content (AvgIpc) is 2.88. The first-order valence-electron chi connectivity index (χ1n) is 4.96. The van der Waals surface area contributed by atoms with Crippen LogP contribution < -0.4 is 10.1 Å². The van der Waals surface area contributed by atoms with Gasteiger partial charge < -0.3 is 10.1 Å². The molecular weight excluding hydrogens is 284 g/mol. The van der Waals surface area contributed by atoms with E-state index in [0.717, 1.165) is 0 Å². The molecule has 6 heteroatoms. The highest BCUT2D eigenvalue weighted by Gasteiger charge is 2.56. The first-order valence-corrected chi connectivity index (χ1v) is 6.09. The number of carbonyl (C=O) groups excluding carboxylic acids is 1. The van der Waals surface area contributed by atoms with Gasteiger partial charge in [-0.25, -0.2) is 0 Å². The van der Waals surface area contributed by atoms with Crippen molar-refractivity contribution in [1.29, 1.82) is 0 Å². The summed E-state index contributed by atoms with van der Waals surface area (Å²) in [5, 5.41) is 3.22. The minimum absolute atomic E-state index is 0.226. The van der Waals surface area contributed by atoms with Crippen molar-refractivity contribution in [2.75, 3.05) is 12.4 Å². The number of ether oxygens (including phenoxy) is 1. The number of rotatable bonds is 3. The largest absolute Gasteiger partial charge is 0.495 e. The molecule has 3 nitrogen and oxygen atoms in total. The maximum Gasteiger partial charge on any atom is 0.230 e. The van der Waals surface area contributed by atoms with Crippen LogP contribution in [0.4, 0.5) is 5.69 Å². The standard InChI is InChI=1S/C11H10Cl3NO2/c1-17-9-3-2-6(12)4-8(9)15-10(16)7-5-11(7,13)14/h2-4,7H,5H2,1H3,(H,15,16). The second-order valence-corrected chi connectivity index (χ2v) is 5.83. The highest BCUT2D eigenvalue weighted by molar-refractivity contribution is 6.52. The Balaban J connectivity index is 2.13. The SMILES string of the molecule is COc1ccc(Cl)cc1NC(=O)C1CC1(Cl)Cl. The first-order chi connectivity index (χ1) is 7.94. The van der Waals surface area contributed by atoms with Gasteiger partial charge in [-0.15, -0.1) is 23.2 Å². The second-order valence-electron chi connectivity index (χ2n) is 3.85. The van der Waals surface area contributed by atoms with Crippen LogP contribution in [-0.4, -0.2) is 17.4 Å². The van der Waals surface area contributed by atoms with Crippen LogP contribution in [0.5, 0.6) is 5.75 Å². The summed E-state index contributed by atoms with van der Waals surface area (Å²) in [5.74, 6) is -0.0665. The highest BCUT2D eigenvalue weighted by Crippen LogP contribution is 2.53. The van der Waals surface area contributed by atoms with Gasteiger partial charge >= 0.3 is 0 Å². The summed E-state index contributed by atoms with van der Waals surface area (Å²) in [6.45, 7) is 0. The Labute approximate surface area is 114 Å². The van der Waals surface area contributed by atoms with Crippen molar-refractivity contribution in [3.8, 4) is 5.75 Å². The zero-order valence-corrected chi connectivity index (χ0v) is 11.2. The molecule has 1 fully saturated rings. The minimum Gasteiger partial charge on any atom is -0.495 e. The molecular formula is C11H10Cl3NO2. The molecule has 1 N–H and O–H groups in total. The van der Waals surface area contributed by atoms with Crippen LogP contribution in [0.2, 0.25) is 5.02 Å². The van der Waals surface area contributed by atoms with Gasteiger partial charge in [0.05, 0.1) is 18.7 Å². The van der Waals surface area contributed by atoms with Gasteiger partial charge in [0.15, 0.2) is 0 Å². The van der Waals surface area contributed by atoms with E-state index in [1.165, 1.54) is 7.11 Å². The summed E-state index contributed by atoms with van der Waals surface area (Å²) >= 11 is 17.5. The molecule has 0 heterocycles. The number of benzene rings is 1. The van der Waals surface area contributed by atoms with Crippen LogP contribution >= 0.6 is 34.8 Å². The van der Waals surface area contributed by atoms with Gasteiger partial charge in [-0.2, -0.15) is 0 Å².